The van der Waals surface area contributed by atoms with Crippen molar-refractivity contribution in [2.24, 2.45) is 4.99 Å². The Bertz CT molecular complexity index is 372. The standard InChI is InChI=1S/C15H28N4O2.HI/c1-3-16-15(17-7-6-12-21-14-13-20-2)18-8-11-19-9-4-5-10-19;/h4-5,9-10H,3,6-8,11-14H2,1-2H3,(H2,16,17,18);1H. The molecule has 2 N–H and O–H groups in total. The molecule has 7 heteroatoms. The average molecular weight is 424 g/mol. The number of rotatable bonds is 11. The van der Waals surface area contributed by atoms with Crippen LogP contribution in [0.4, 0.5) is 0 Å². The Morgan fingerprint density at radius 3 is 2.59 bits per heavy atom. The number of nitrogens with one attached hydrogen (secondary N) is 2. The first kappa shape index (κ1) is 21.2. The van der Waals surface area contributed by atoms with E-state index in [4.69, 9.17) is 9.47 Å². The maximum absolute atomic E-state index is 5.41. The minimum absolute atomic E-state index is 0. The molecule has 1 rings (SSSR count). The lowest BCUT2D eigenvalue weighted by Gasteiger charge is -2.11. The Morgan fingerprint density at radius 2 is 1.91 bits per heavy atom. The van der Waals surface area contributed by atoms with Crippen molar-refractivity contribution in [1.29, 1.82) is 0 Å². The summed E-state index contributed by atoms with van der Waals surface area (Å²) in [5.74, 6) is 0.863. The van der Waals surface area contributed by atoms with E-state index in [2.05, 4.69) is 39.5 Å². The molecule has 128 valence electrons. The van der Waals surface area contributed by atoms with Gasteiger partial charge in [0.15, 0.2) is 5.96 Å². The van der Waals surface area contributed by atoms with Crippen molar-refractivity contribution in [3.8, 4) is 0 Å². The minimum atomic E-state index is 0. The second kappa shape index (κ2) is 15.1. The van der Waals surface area contributed by atoms with Gasteiger partial charge in [0.05, 0.1) is 13.2 Å². The number of hydrogen-bond donors (Lipinski definition) is 2. The number of nitrogens with zero attached hydrogens (tertiary/aromatic N) is 2. The fraction of sp³-hybridized carbons (Fsp3) is 0.667. The van der Waals surface area contributed by atoms with Gasteiger partial charge in [0, 0.05) is 52.3 Å². The fourth-order valence-corrected chi connectivity index (χ4v) is 1.77. The van der Waals surface area contributed by atoms with Crippen molar-refractivity contribution in [1.82, 2.24) is 15.2 Å². The number of halogens is 1. The predicted molar refractivity (Wildman–Crippen MR) is 101 cm³/mol. The number of ether oxygens (including phenoxy) is 2. The summed E-state index contributed by atoms with van der Waals surface area (Å²) in [7, 11) is 1.68. The van der Waals surface area contributed by atoms with E-state index < -0.39 is 0 Å². The molecule has 1 aromatic rings. The molecular formula is C15H29IN4O2. The highest BCUT2D eigenvalue weighted by Gasteiger charge is 1.96. The molecule has 0 saturated carbocycles. The van der Waals surface area contributed by atoms with Crippen LogP contribution in [0.1, 0.15) is 13.3 Å². The fourth-order valence-electron chi connectivity index (χ4n) is 1.77. The molecule has 1 aromatic heterocycles. The van der Waals surface area contributed by atoms with E-state index in [0.29, 0.717) is 13.2 Å². The van der Waals surface area contributed by atoms with E-state index in [0.717, 1.165) is 45.2 Å². The van der Waals surface area contributed by atoms with Gasteiger partial charge in [-0.25, -0.2) is 0 Å². The van der Waals surface area contributed by atoms with Crippen molar-refractivity contribution in [2.75, 3.05) is 46.6 Å². The lowest BCUT2D eigenvalue weighted by molar-refractivity contribution is 0.0702. The predicted octanol–water partition coefficient (Wildman–Crippen LogP) is 1.71. The third kappa shape index (κ3) is 10.9. The van der Waals surface area contributed by atoms with Gasteiger partial charge in [0.1, 0.15) is 0 Å². The molecule has 0 aliphatic heterocycles. The zero-order chi connectivity index (χ0) is 15.2. The molecule has 0 fully saturated rings. The van der Waals surface area contributed by atoms with Gasteiger partial charge in [0.2, 0.25) is 0 Å². The Balaban J connectivity index is 0.00000441. The summed E-state index contributed by atoms with van der Waals surface area (Å²) in [6.07, 6.45) is 5.03. The average Bonchev–Trinajstić information content (AvgIpc) is 2.99. The van der Waals surface area contributed by atoms with Crippen LogP contribution in [0.25, 0.3) is 0 Å². The summed E-state index contributed by atoms with van der Waals surface area (Å²) < 4.78 is 12.5. The van der Waals surface area contributed by atoms with Crippen LogP contribution in [0.3, 0.4) is 0 Å². The van der Waals surface area contributed by atoms with E-state index in [-0.39, 0.29) is 24.0 Å². The molecule has 1 heterocycles. The Labute approximate surface area is 150 Å². The molecule has 0 aliphatic rings. The molecule has 0 radical (unpaired) electrons. The summed E-state index contributed by atoms with van der Waals surface area (Å²) in [5.41, 5.74) is 0. The monoisotopic (exact) mass is 424 g/mol. The topological polar surface area (TPSA) is 59.8 Å². The van der Waals surface area contributed by atoms with Gasteiger partial charge in [-0.1, -0.05) is 0 Å². The summed E-state index contributed by atoms with van der Waals surface area (Å²) in [4.78, 5) is 4.52. The molecule has 0 unspecified atom stereocenters. The van der Waals surface area contributed by atoms with E-state index in [1.807, 2.05) is 12.1 Å². The van der Waals surface area contributed by atoms with Crippen molar-refractivity contribution in [3.63, 3.8) is 0 Å². The highest BCUT2D eigenvalue weighted by Crippen LogP contribution is 1.89. The van der Waals surface area contributed by atoms with Crippen LogP contribution in [-0.4, -0.2) is 57.1 Å². The first-order valence-electron chi connectivity index (χ1n) is 7.56. The van der Waals surface area contributed by atoms with Crippen LogP contribution in [0.5, 0.6) is 0 Å². The van der Waals surface area contributed by atoms with Crippen molar-refractivity contribution in [2.45, 2.75) is 19.9 Å². The molecular weight excluding hydrogens is 395 g/mol. The van der Waals surface area contributed by atoms with Gasteiger partial charge in [-0.2, -0.15) is 0 Å². The summed E-state index contributed by atoms with van der Waals surface area (Å²) in [5, 5.41) is 6.57. The minimum Gasteiger partial charge on any atom is -0.382 e. The Kier molecular flexibility index (Phi) is 14.6. The number of guanidine groups is 1. The number of methoxy groups -OCH3 is 1. The van der Waals surface area contributed by atoms with Crippen molar-refractivity contribution in [3.05, 3.63) is 24.5 Å². The van der Waals surface area contributed by atoms with E-state index in [1.165, 1.54) is 0 Å². The lowest BCUT2D eigenvalue weighted by atomic mass is 10.4. The van der Waals surface area contributed by atoms with Crippen molar-refractivity contribution < 1.29 is 9.47 Å². The maximum Gasteiger partial charge on any atom is 0.191 e. The quantitative estimate of drug-likeness (QED) is 0.246. The highest BCUT2D eigenvalue weighted by atomic mass is 127. The Morgan fingerprint density at radius 1 is 1.14 bits per heavy atom. The summed E-state index contributed by atoms with van der Waals surface area (Å²) in [6.45, 7) is 7.48. The van der Waals surface area contributed by atoms with Gasteiger partial charge in [0.25, 0.3) is 0 Å². The summed E-state index contributed by atoms with van der Waals surface area (Å²) >= 11 is 0. The molecule has 0 aromatic carbocycles. The number of aliphatic imine (C=N–C) groups is 1. The second-order valence-electron chi connectivity index (χ2n) is 4.57. The van der Waals surface area contributed by atoms with Gasteiger partial charge < -0.3 is 24.7 Å². The zero-order valence-electron chi connectivity index (χ0n) is 13.6. The molecule has 6 nitrogen and oxygen atoms in total. The van der Waals surface area contributed by atoms with E-state index >= 15 is 0 Å². The molecule has 0 amide bonds. The molecule has 0 aliphatic carbocycles. The molecule has 22 heavy (non-hydrogen) atoms. The highest BCUT2D eigenvalue weighted by molar-refractivity contribution is 14.0. The van der Waals surface area contributed by atoms with E-state index in [1.54, 1.807) is 7.11 Å². The first-order chi connectivity index (χ1) is 10.4. The summed E-state index contributed by atoms with van der Waals surface area (Å²) in [6, 6.07) is 4.06. The van der Waals surface area contributed by atoms with Crippen LogP contribution in [-0.2, 0) is 16.0 Å². The number of hydrogen-bond acceptors (Lipinski definition) is 3. The van der Waals surface area contributed by atoms with Gasteiger partial charge in [-0.3, -0.25) is 4.99 Å². The third-order valence-corrected chi connectivity index (χ3v) is 2.82. The SMILES string of the molecule is CCNC(=NCCCOCCOC)NCCn1cccc1.I. The van der Waals surface area contributed by atoms with Crippen LogP contribution in [0, 0.1) is 0 Å². The largest absolute Gasteiger partial charge is 0.382 e. The molecule has 0 saturated heterocycles. The van der Waals surface area contributed by atoms with Crippen LogP contribution in [0.15, 0.2) is 29.5 Å². The van der Waals surface area contributed by atoms with E-state index in [9.17, 15) is 0 Å². The first-order valence-corrected chi connectivity index (χ1v) is 7.56. The second-order valence-corrected chi connectivity index (χ2v) is 4.57. The third-order valence-electron chi connectivity index (χ3n) is 2.82. The molecule has 0 atom stereocenters. The van der Waals surface area contributed by atoms with Gasteiger partial charge in [-0.05, 0) is 25.5 Å². The van der Waals surface area contributed by atoms with Gasteiger partial charge in [-0.15, -0.1) is 24.0 Å². The van der Waals surface area contributed by atoms with Gasteiger partial charge >= 0.3 is 0 Å². The van der Waals surface area contributed by atoms with Crippen LogP contribution in [0.2, 0.25) is 0 Å². The normalized spacial score (nSPS) is 11.1. The Hall–Kier alpha value is -0.800. The smallest absolute Gasteiger partial charge is 0.191 e. The van der Waals surface area contributed by atoms with Crippen LogP contribution < -0.4 is 10.6 Å². The number of aromatic nitrogens is 1. The maximum atomic E-state index is 5.41. The lowest BCUT2D eigenvalue weighted by Crippen LogP contribution is -2.38. The van der Waals surface area contributed by atoms with Crippen molar-refractivity contribution >= 4 is 29.9 Å². The van der Waals surface area contributed by atoms with Crippen LogP contribution >= 0.6 is 24.0 Å². The molecule has 0 spiro atoms. The molecule has 0 bridgehead atoms. The zero-order valence-corrected chi connectivity index (χ0v) is 15.9.